The molecule has 17 heavy (non-hydrogen) atoms. The molecule has 0 heterocycles. The fourth-order valence-corrected chi connectivity index (χ4v) is 2.89. The van der Waals surface area contributed by atoms with Crippen molar-refractivity contribution in [3.05, 3.63) is 28.2 Å². The number of benzene rings is 1. The lowest BCUT2D eigenvalue weighted by Gasteiger charge is -2.22. The molecule has 0 aliphatic heterocycles. The fourth-order valence-electron chi connectivity index (χ4n) is 2.03. The molecule has 2 rings (SSSR count). The van der Waals surface area contributed by atoms with Crippen molar-refractivity contribution < 1.29 is 4.74 Å². The van der Waals surface area contributed by atoms with Gasteiger partial charge in [-0.25, -0.2) is 0 Å². The van der Waals surface area contributed by atoms with Crippen LogP contribution >= 0.6 is 31.9 Å². The zero-order valence-electron chi connectivity index (χ0n) is 9.96. The lowest BCUT2D eigenvalue weighted by Crippen LogP contribution is -2.27. The van der Waals surface area contributed by atoms with E-state index in [-0.39, 0.29) is 0 Å². The van der Waals surface area contributed by atoms with Crippen molar-refractivity contribution in [3.63, 3.8) is 0 Å². The van der Waals surface area contributed by atoms with Gasteiger partial charge >= 0.3 is 0 Å². The van der Waals surface area contributed by atoms with Crippen LogP contribution in [0.25, 0.3) is 0 Å². The quantitative estimate of drug-likeness (QED) is 0.713. The highest BCUT2D eigenvalue weighted by molar-refractivity contribution is 9.10. The van der Waals surface area contributed by atoms with Crippen LogP contribution in [0.15, 0.2) is 22.7 Å². The van der Waals surface area contributed by atoms with E-state index in [9.17, 15) is 0 Å². The number of halogens is 2. The van der Waals surface area contributed by atoms with E-state index in [0.29, 0.717) is 0 Å². The van der Waals surface area contributed by atoms with Gasteiger partial charge < -0.3 is 4.74 Å². The molecule has 0 N–H and O–H groups in total. The van der Waals surface area contributed by atoms with Crippen LogP contribution in [0.1, 0.15) is 18.4 Å². The van der Waals surface area contributed by atoms with Crippen molar-refractivity contribution in [1.82, 2.24) is 4.90 Å². The maximum absolute atomic E-state index is 5.42. The molecule has 0 saturated heterocycles. The molecular weight excluding hydrogens is 346 g/mol. The second-order valence-electron chi connectivity index (χ2n) is 4.35. The highest BCUT2D eigenvalue weighted by Gasteiger charge is 2.28. The minimum atomic E-state index is 0.774. The summed E-state index contributed by atoms with van der Waals surface area (Å²) >= 11 is 7.05. The third kappa shape index (κ3) is 3.70. The number of alkyl halides is 1. The van der Waals surface area contributed by atoms with E-state index < -0.39 is 0 Å². The van der Waals surface area contributed by atoms with Gasteiger partial charge in [-0.2, -0.15) is 0 Å². The Morgan fingerprint density at radius 2 is 2.18 bits per heavy atom. The average Bonchev–Trinajstić information content (AvgIpc) is 3.13. The molecule has 1 aromatic rings. The summed E-state index contributed by atoms with van der Waals surface area (Å²) in [6, 6.07) is 6.98. The number of rotatable bonds is 6. The Balaban J connectivity index is 2.11. The molecule has 0 spiro atoms. The predicted octanol–water partition coefficient (Wildman–Crippen LogP) is 3.82. The summed E-state index contributed by atoms with van der Waals surface area (Å²) in [6.07, 6.45) is 2.67. The number of nitrogens with zero attached hydrogens (tertiary/aromatic N) is 1. The Labute approximate surface area is 120 Å². The van der Waals surface area contributed by atoms with E-state index in [0.717, 1.165) is 34.7 Å². The summed E-state index contributed by atoms with van der Waals surface area (Å²) < 4.78 is 6.53. The minimum Gasteiger partial charge on any atom is -0.496 e. The predicted molar refractivity (Wildman–Crippen MR) is 77.9 cm³/mol. The molecule has 0 aromatic heterocycles. The molecule has 2 nitrogen and oxygen atoms in total. The van der Waals surface area contributed by atoms with Gasteiger partial charge in [0.05, 0.1) is 7.11 Å². The number of methoxy groups -OCH3 is 1. The monoisotopic (exact) mass is 361 g/mol. The van der Waals surface area contributed by atoms with Crippen molar-refractivity contribution in [2.45, 2.75) is 25.4 Å². The van der Waals surface area contributed by atoms with Crippen LogP contribution < -0.4 is 4.74 Å². The molecular formula is C13H17Br2NO. The minimum absolute atomic E-state index is 0.774. The fraction of sp³-hybridized carbons (Fsp3) is 0.538. The lowest BCUT2D eigenvalue weighted by atomic mass is 10.2. The van der Waals surface area contributed by atoms with E-state index in [1.165, 1.54) is 18.4 Å². The van der Waals surface area contributed by atoms with Crippen molar-refractivity contribution in [2.75, 3.05) is 19.0 Å². The first-order valence-electron chi connectivity index (χ1n) is 5.87. The Kier molecular flexibility index (Phi) is 4.88. The third-order valence-electron chi connectivity index (χ3n) is 3.05. The normalized spacial score (nSPS) is 15.3. The molecule has 0 unspecified atom stereocenters. The van der Waals surface area contributed by atoms with Gasteiger partial charge in [0.25, 0.3) is 0 Å². The average molecular weight is 363 g/mol. The van der Waals surface area contributed by atoms with Crippen LogP contribution in [-0.2, 0) is 6.54 Å². The molecule has 1 fully saturated rings. The first-order chi connectivity index (χ1) is 8.24. The highest BCUT2D eigenvalue weighted by Crippen LogP contribution is 2.31. The Morgan fingerprint density at radius 3 is 2.76 bits per heavy atom. The maximum Gasteiger partial charge on any atom is 0.123 e. The van der Waals surface area contributed by atoms with E-state index in [4.69, 9.17) is 4.74 Å². The van der Waals surface area contributed by atoms with Gasteiger partial charge in [-0.15, -0.1) is 0 Å². The van der Waals surface area contributed by atoms with E-state index in [1.54, 1.807) is 7.11 Å². The molecule has 94 valence electrons. The zero-order valence-corrected chi connectivity index (χ0v) is 13.1. The lowest BCUT2D eigenvalue weighted by molar-refractivity contribution is 0.267. The molecule has 1 saturated carbocycles. The molecule has 0 bridgehead atoms. The Hall–Kier alpha value is -0.0600. The van der Waals surface area contributed by atoms with Crippen molar-refractivity contribution >= 4 is 31.9 Å². The summed E-state index contributed by atoms with van der Waals surface area (Å²) in [5.74, 6) is 0.980. The number of ether oxygens (including phenoxy) is 1. The molecule has 1 aliphatic carbocycles. The second-order valence-corrected chi connectivity index (χ2v) is 6.06. The van der Waals surface area contributed by atoms with Crippen molar-refractivity contribution in [2.24, 2.45) is 0 Å². The topological polar surface area (TPSA) is 12.5 Å². The van der Waals surface area contributed by atoms with E-state index >= 15 is 0 Å². The SMILES string of the molecule is COc1ccc(Br)cc1CN(CCBr)C1CC1. The maximum atomic E-state index is 5.42. The van der Waals surface area contributed by atoms with Gasteiger partial charge in [-0.3, -0.25) is 4.90 Å². The van der Waals surface area contributed by atoms with Crippen molar-refractivity contribution in [1.29, 1.82) is 0 Å². The van der Waals surface area contributed by atoms with Gasteiger partial charge in [-0.1, -0.05) is 31.9 Å². The van der Waals surface area contributed by atoms with E-state index in [1.807, 2.05) is 12.1 Å². The standard InChI is InChI=1S/C13H17Br2NO/c1-17-13-5-2-11(15)8-10(13)9-16(7-6-14)12-3-4-12/h2,5,8,12H,3-4,6-7,9H2,1H3. The molecule has 0 radical (unpaired) electrons. The smallest absolute Gasteiger partial charge is 0.123 e. The van der Waals surface area contributed by atoms with Gasteiger partial charge in [-0.05, 0) is 31.0 Å². The third-order valence-corrected chi connectivity index (χ3v) is 3.90. The summed E-state index contributed by atoms with van der Waals surface area (Å²) in [7, 11) is 1.73. The zero-order chi connectivity index (χ0) is 12.3. The molecule has 1 aliphatic rings. The summed E-state index contributed by atoms with van der Waals surface area (Å²) in [5, 5.41) is 1.03. The summed E-state index contributed by atoms with van der Waals surface area (Å²) in [4.78, 5) is 2.53. The van der Waals surface area contributed by atoms with Crippen LogP contribution in [-0.4, -0.2) is 29.9 Å². The Bertz CT molecular complexity index is 380. The molecule has 1 aromatic carbocycles. The van der Waals surface area contributed by atoms with Crippen LogP contribution in [0, 0.1) is 0 Å². The first-order valence-corrected chi connectivity index (χ1v) is 7.78. The highest BCUT2D eigenvalue weighted by atomic mass is 79.9. The van der Waals surface area contributed by atoms with Gasteiger partial charge in [0.15, 0.2) is 0 Å². The van der Waals surface area contributed by atoms with E-state index in [2.05, 4.69) is 42.8 Å². The number of hydrogen-bond donors (Lipinski definition) is 0. The first kappa shape index (κ1) is 13.4. The van der Waals surface area contributed by atoms with Crippen LogP contribution in [0.4, 0.5) is 0 Å². The Morgan fingerprint density at radius 1 is 1.41 bits per heavy atom. The van der Waals surface area contributed by atoms with Crippen LogP contribution in [0.2, 0.25) is 0 Å². The van der Waals surface area contributed by atoms with Crippen LogP contribution in [0.5, 0.6) is 5.75 Å². The van der Waals surface area contributed by atoms with Gasteiger partial charge in [0.2, 0.25) is 0 Å². The molecule has 4 heteroatoms. The summed E-state index contributed by atoms with van der Waals surface area (Å²) in [6.45, 7) is 2.07. The van der Waals surface area contributed by atoms with Crippen LogP contribution in [0.3, 0.4) is 0 Å². The molecule has 0 amide bonds. The molecule has 0 atom stereocenters. The van der Waals surface area contributed by atoms with Gasteiger partial charge in [0.1, 0.15) is 5.75 Å². The van der Waals surface area contributed by atoms with Gasteiger partial charge in [0, 0.05) is 34.5 Å². The second kappa shape index (κ2) is 6.21. The number of hydrogen-bond acceptors (Lipinski definition) is 2. The largest absolute Gasteiger partial charge is 0.496 e. The summed E-state index contributed by atoms with van der Waals surface area (Å²) in [5.41, 5.74) is 1.26. The van der Waals surface area contributed by atoms with Crippen molar-refractivity contribution in [3.8, 4) is 5.75 Å².